The van der Waals surface area contributed by atoms with Crippen LogP contribution in [-0.2, 0) is 16.1 Å². The molecular formula is C13H19N3O3. The third-order valence-corrected chi connectivity index (χ3v) is 3.20. The van der Waals surface area contributed by atoms with E-state index in [1.807, 2.05) is 6.92 Å². The zero-order chi connectivity index (χ0) is 13.8. The van der Waals surface area contributed by atoms with Gasteiger partial charge in [0.25, 0.3) is 5.91 Å². The molecule has 6 nitrogen and oxygen atoms in total. The Labute approximate surface area is 111 Å². The number of aromatic nitrogens is 1. The van der Waals surface area contributed by atoms with Crippen LogP contribution in [0.3, 0.4) is 0 Å². The van der Waals surface area contributed by atoms with Crippen LogP contribution in [0.1, 0.15) is 36.7 Å². The third-order valence-electron chi connectivity index (χ3n) is 3.20. The molecule has 0 spiro atoms. The highest BCUT2D eigenvalue weighted by Crippen LogP contribution is 2.15. The number of nitrogens with zero attached hydrogens (tertiary/aromatic N) is 1. The standard InChI is InChI=1S/C13H19N3O3/c1-2-16-8-9(14)7-10(16)13(18)19-11-5-3-4-6-15-12(11)17/h7-8,11H,2-6,14H2,1H3,(H,15,17). The van der Waals surface area contributed by atoms with Gasteiger partial charge in [0.1, 0.15) is 5.69 Å². The second-order valence-corrected chi connectivity index (χ2v) is 4.63. The summed E-state index contributed by atoms with van der Waals surface area (Å²) in [6.07, 6.45) is 3.34. The van der Waals surface area contributed by atoms with Gasteiger partial charge in [-0.05, 0) is 32.3 Å². The average Bonchev–Trinajstić information content (AvgIpc) is 2.66. The van der Waals surface area contributed by atoms with Crippen LogP contribution >= 0.6 is 0 Å². The number of hydrogen-bond donors (Lipinski definition) is 2. The summed E-state index contributed by atoms with van der Waals surface area (Å²) in [5.41, 5.74) is 6.57. The molecule has 1 atom stereocenters. The van der Waals surface area contributed by atoms with Gasteiger partial charge in [-0.2, -0.15) is 0 Å². The fourth-order valence-electron chi connectivity index (χ4n) is 2.18. The molecule has 0 radical (unpaired) electrons. The van der Waals surface area contributed by atoms with E-state index >= 15 is 0 Å². The topological polar surface area (TPSA) is 86.3 Å². The largest absolute Gasteiger partial charge is 0.448 e. The van der Waals surface area contributed by atoms with E-state index in [9.17, 15) is 9.59 Å². The van der Waals surface area contributed by atoms with Crippen molar-refractivity contribution in [1.29, 1.82) is 0 Å². The Kier molecular flexibility index (Phi) is 4.09. The molecule has 0 saturated carbocycles. The molecule has 1 amide bonds. The SMILES string of the molecule is CCn1cc(N)cc1C(=O)OC1CCCCNC1=O. The maximum atomic E-state index is 12.1. The highest BCUT2D eigenvalue weighted by Gasteiger charge is 2.26. The predicted molar refractivity (Wildman–Crippen MR) is 70.6 cm³/mol. The molecular weight excluding hydrogens is 246 g/mol. The number of anilines is 1. The first-order chi connectivity index (χ1) is 9.11. The van der Waals surface area contributed by atoms with E-state index in [0.29, 0.717) is 30.9 Å². The maximum absolute atomic E-state index is 12.1. The molecule has 0 aromatic carbocycles. The molecule has 19 heavy (non-hydrogen) atoms. The van der Waals surface area contributed by atoms with Crippen molar-refractivity contribution in [3.63, 3.8) is 0 Å². The number of carbonyl (C=O) groups is 2. The summed E-state index contributed by atoms with van der Waals surface area (Å²) in [7, 11) is 0. The normalized spacial score (nSPS) is 19.6. The van der Waals surface area contributed by atoms with Gasteiger partial charge in [-0.3, -0.25) is 4.79 Å². The van der Waals surface area contributed by atoms with Crippen LogP contribution in [-0.4, -0.2) is 29.1 Å². The molecule has 0 bridgehead atoms. The third kappa shape index (κ3) is 3.07. The van der Waals surface area contributed by atoms with Crippen molar-refractivity contribution in [3.8, 4) is 0 Å². The Morgan fingerprint density at radius 1 is 1.58 bits per heavy atom. The van der Waals surface area contributed by atoms with E-state index in [1.54, 1.807) is 16.8 Å². The van der Waals surface area contributed by atoms with Gasteiger partial charge in [-0.1, -0.05) is 0 Å². The van der Waals surface area contributed by atoms with Crippen LogP contribution in [0, 0.1) is 0 Å². The Hall–Kier alpha value is -1.98. The molecule has 6 heteroatoms. The first kappa shape index (κ1) is 13.5. The van der Waals surface area contributed by atoms with Crippen LogP contribution in [0.15, 0.2) is 12.3 Å². The lowest BCUT2D eigenvalue weighted by Crippen LogP contribution is -2.36. The second-order valence-electron chi connectivity index (χ2n) is 4.63. The van der Waals surface area contributed by atoms with Gasteiger partial charge in [-0.25, -0.2) is 4.79 Å². The van der Waals surface area contributed by atoms with Crippen molar-refractivity contribution in [2.75, 3.05) is 12.3 Å². The molecule has 1 aromatic heterocycles. The maximum Gasteiger partial charge on any atom is 0.355 e. The zero-order valence-electron chi connectivity index (χ0n) is 11.0. The Morgan fingerprint density at radius 3 is 3.11 bits per heavy atom. The Morgan fingerprint density at radius 2 is 2.37 bits per heavy atom. The molecule has 1 aliphatic heterocycles. The predicted octanol–water partition coefficient (Wildman–Crippen LogP) is 0.916. The zero-order valence-corrected chi connectivity index (χ0v) is 11.0. The highest BCUT2D eigenvalue weighted by atomic mass is 16.5. The van der Waals surface area contributed by atoms with Crippen molar-refractivity contribution in [1.82, 2.24) is 9.88 Å². The fraction of sp³-hybridized carbons (Fsp3) is 0.538. The molecule has 1 aliphatic rings. The highest BCUT2D eigenvalue weighted by molar-refractivity contribution is 5.92. The summed E-state index contributed by atoms with van der Waals surface area (Å²) in [5, 5.41) is 2.74. The second kappa shape index (κ2) is 5.77. The van der Waals surface area contributed by atoms with Crippen LogP contribution in [0.4, 0.5) is 5.69 Å². The molecule has 1 unspecified atom stereocenters. The molecule has 0 aliphatic carbocycles. The van der Waals surface area contributed by atoms with E-state index in [0.717, 1.165) is 12.8 Å². The van der Waals surface area contributed by atoms with Gasteiger partial charge >= 0.3 is 5.97 Å². The number of amides is 1. The molecule has 1 fully saturated rings. The van der Waals surface area contributed by atoms with E-state index in [4.69, 9.17) is 10.5 Å². The first-order valence-electron chi connectivity index (χ1n) is 6.56. The van der Waals surface area contributed by atoms with Gasteiger partial charge in [0.05, 0.1) is 5.69 Å². The molecule has 3 N–H and O–H groups in total. The van der Waals surface area contributed by atoms with Crippen molar-refractivity contribution < 1.29 is 14.3 Å². The molecule has 1 saturated heterocycles. The lowest BCUT2D eigenvalue weighted by Gasteiger charge is -2.15. The fourth-order valence-corrected chi connectivity index (χ4v) is 2.18. The number of nitrogen functional groups attached to an aromatic ring is 1. The van der Waals surface area contributed by atoms with Crippen LogP contribution in [0.5, 0.6) is 0 Å². The minimum atomic E-state index is -0.698. The van der Waals surface area contributed by atoms with E-state index in [1.165, 1.54) is 0 Å². The lowest BCUT2D eigenvalue weighted by atomic mass is 10.2. The number of nitrogens with one attached hydrogen (secondary N) is 1. The van der Waals surface area contributed by atoms with E-state index < -0.39 is 12.1 Å². The number of rotatable bonds is 3. The van der Waals surface area contributed by atoms with Gasteiger partial charge in [-0.15, -0.1) is 0 Å². The summed E-state index contributed by atoms with van der Waals surface area (Å²) >= 11 is 0. The Bertz CT molecular complexity index is 481. The van der Waals surface area contributed by atoms with E-state index in [-0.39, 0.29) is 5.91 Å². The lowest BCUT2D eigenvalue weighted by molar-refractivity contribution is -0.129. The monoisotopic (exact) mass is 265 g/mol. The van der Waals surface area contributed by atoms with Crippen LogP contribution in [0.2, 0.25) is 0 Å². The number of nitrogens with two attached hydrogens (primary N) is 1. The van der Waals surface area contributed by atoms with Crippen molar-refractivity contribution in [3.05, 3.63) is 18.0 Å². The minimum Gasteiger partial charge on any atom is -0.448 e. The summed E-state index contributed by atoms with van der Waals surface area (Å²) < 4.78 is 7.01. The summed E-state index contributed by atoms with van der Waals surface area (Å²) in [6, 6.07) is 1.57. The smallest absolute Gasteiger partial charge is 0.355 e. The number of esters is 1. The van der Waals surface area contributed by atoms with Gasteiger partial charge in [0.2, 0.25) is 0 Å². The molecule has 2 heterocycles. The van der Waals surface area contributed by atoms with Gasteiger partial charge in [0, 0.05) is 19.3 Å². The minimum absolute atomic E-state index is 0.214. The van der Waals surface area contributed by atoms with Crippen molar-refractivity contribution in [2.45, 2.75) is 38.8 Å². The number of ether oxygens (including phenoxy) is 1. The first-order valence-corrected chi connectivity index (χ1v) is 6.56. The van der Waals surface area contributed by atoms with Gasteiger partial charge in [0.15, 0.2) is 6.10 Å². The molecule has 1 aromatic rings. The molecule has 104 valence electrons. The quantitative estimate of drug-likeness (QED) is 0.795. The Balaban J connectivity index is 2.09. The van der Waals surface area contributed by atoms with E-state index in [2.05, 4.69) is 5.32 Å². The molecule has 2 rings (SSSR count). The number of hydrogen-bond acceptors (Lipinski definition) is 4. The van der Waals surface area contributed by atoms with Crippen LogP contribution in [0.25, 0.3) is 0 Å². The van der Waals surface area contributed by atoms with Gasteiger partial charge < -0.3 is 20.4 Å². The average molecular weight is 265 g/mol. The van der Waals surface area contributed by atoms with Crippen molar-refractivity contribution >= 4 is 17.6 Å². The number of carbonyl (C=O) groups excluding carboxylic acids is 2. The summed E-state index contributed by atoms with van der Waals surface area (Å²) in [4.78, 5) is 23.8. The summed E-state index contributed by atoms with van der Waals surface area (Å²) in [5.74, 6) is -0.714. The number of aryl methyl sites for hydroxylation is 1. The summed E-state index contributed by atoms with van der Waals surface area (Å²) in [6.45, 7) is 3.18. The van der Waals surface area contributed by atoms with Crippen LogP contribution < -0.4 is 11.1 Å². The van der Waals surface area contributed by atoms with Crippen molar-refractivity contribution in [2.24, 2.45) is 0 Å².